The second-order valence-electron chi connectivity index (χ2n) is 7.88. The van der Waals surface area contributed by atoms with Crippen LogP contribution >= 0.6 is 0 Å². The summed E-state index contributed by atoms with van der Waals surface area (Å²) in [6, 6.07) is -0.183. The van der Waals surface area contributed by atoms with E-state index in [1.165, 1.54) is 0 Å². The summed E-state index contributed by atoms with van der Waals surface area (Å²) in [5, 5.41) is 0. The van der Waals surface area contributed by atoms with Crippen LogP contribution in [0.1, 0.15) is 64.6 Å². The van der Waals surface area contributed by atoms with Crippen molar-refractivity contribution >= 4 is 5.78 Å². The monoisotopic (exact) mass is 278 g/mol. The Labute approximate surface area is 130 Å². The third-order valence-electron chi connectivity index (χ3n) is 3.22. The molecule has 0 unspecified atom stereocenters. The Hall–Kier alpha value is -1.11. The van der Waals surface area contributed by atoms with Gasteiger partial charge in [-0.2, -0.15) is 0 Å². The van der Waals surface area contributed by atoms with Crippen molar-refractivity contribution in [2.24, 2.45) is 16.7 Å². The van der Waals surface area contributed by atoms with Gasteiger partial charge in [-0.1, -0.05) is 71.3 Å². The zero-order chi connectivity index (χ0) is 19.0. The average Bonchev–Trinajstić information content (AvgIpc) is 2.43. The molecule has 1 rings (SSSR count). The molecule has 1 heteroatoms. The highest BCUT2D eigenvalue weighted by molar-refractivity contribution is 5.86. The van der Waals surface area contributed by atoms with E-state index in [1.807, 2.05) is 20.8 Å². The quantitative estimate of drug-likeness (QED) is 0.739. The smallest absolute Gasteiger partial charge is 0.141 e. The van der Waals surface area contributed by atoms with Crippen LogP contribution in [0, 0.1) is 23.7 Å². The fourth-order valence-corrected chi connectivity index (χ4v) is 2.45. The summed E-state index contributed by atoms with van der Waals surface area (Å²) in [6.45, 7) is 13.5. The lowest BCUT2D eigenvalue weighted by Gasteiger charge is -2.30. The first kappa shape index (κ1) is 11.5. The number of hydrogen-bond acceptors (Lipinski definition) is 1. The van der Waals surface area contributed by atoms with E-state index < -0.39 is 5.41 Å². The van der Waals surface area contributed by atoms with E-state index in [1.54, 1.807) is 6.92 Å². The summed E-state index contributed by atoms with van der Waals surface area (Å²) >= 11 is 0. The molecule has 1 aromatic rings. The highest BCUT2D eigenvalue weighted by atomic mass is 16.1. The molecule has 112 valence electrons. The lowest BCUT2D eigenvalue weighted by atomic mass is 9.73. The van der Waals surface area contributed by atoms with Gasteiger partial charge in [-0.25, -0.2) is 0 Å². The van der Waals surface area contributed by atoms with Gasteiger partial charge in [0.05, 0.1) is 5.48 Å². The molecule has 0 N–H and O–H groups in total. The van der Waals surface area contributed by atoms with Crippen molar-refractivity contribution in [1.82, 2.24) is 0 Å². The zero-order valence-electron chi connectivity index (χ0n) is 17.9. The van der Waals surface area contributed by atoms with Crippen LogP contribution in [0.5, 0.6) is 0 Å². The van der Waals surface area contributed by atoms with E-state index >= 15 is 0 Å². The van der Waals surface area contributed by atoms with Crippen molar-refractivity contribution in [2.45, 2.75) is 61.3 Å². The fraction of sp³-hybridized carbons (Fsp3) is 0.632. The van der Waals surface area contributed by atoms with Crippen LogP contribution in [-0.4, -0.2) is 5.78 Å². The summed E-state index contributed by atoms with van der Waals surface area (Å²) in [5.41, 5.74) is 0.280. The van der Waals surface area contributed by atoms with Gasteiger partial charge in [-0.15, -0.1) is 0 Å². The topological polar surface area (TPSA) is 17.1 Å². The molecule has 0 aliphatic rings. The van der Waals surface area contributed by atoms with Gasteiger partial charge in [0.15, 0.2) is 0 Å². The highest BCUT2D eigenvalue weighted by Crippen LogP contribution is 2.32. The predicted octanol–water partition coefficient (Wildman–Crippen LogP) is 5.21. The van der Waals surface area contributed by atoms with Crippen LogP contribution in [0.4, 0.5) is 0 Å². The molecule has 0 amide bonds. The van der Waals surface area contributed by atoms with Gasteiger partial charge >= 0.3 is 0 Å². The summed E-state index contributed by atoms with van der Waals surface area (Å²) in [4.78, 5) is 12.9. The van der Waals surface area contributed by atoms with Crippen LogP contribution in [0.15, 0.2) is 24.2 Å². The number of benzene rings is 1. The summed E-state index contributed by atoms with van der Waals surface area (Å²) in [7, 11) is 0. The van der Waals surface area contributed by atoms with E-state index in [-0.39, 0.29) is 47.7 Å². The predicted molar refractivity (Wildman–Crippen MR) is 86.9 cm³/mol. The summed E-state index contributed by atoms with van der Waals surface area (Å²) < 4.78 is 32.2. The van der Waals surface area contributed by atoms with Crippen molar-refractivity contribution in [3.05, 3.63) is 35.3 Å². The SMILES string of the molecule is [2H]c1c([2H])c(C)c([2H])c(C[C@H](CC(C)(C)C)C(=O)C(C)(C)C)c1[2H]. The minimum atomic E-state index is -0.492. The van der Waals surface area contributed by atoms with E-state index in [0.29, 0.717) is 17.5 Å². The molecular formula is C19H30O. The summed E-state index contributed by atoms with van der Waals surface area (Å²) in [5.74, 6) is -0.177. The molecule has 0 fully saturated rings. The Morgan fingerprint density at radius 1 is 1.20 bits per heavy atom. The molecular weight excluding hydrogens is 244 g/mol. The largest absolute Gasteiger partial charge is 0.299 e. The maximum absolute atomic E-state index is 12.9. The van der Waals surface area contributed by atoms with Crippen LogP contribution < -0.4 is 0 Å². The van der Waals surface area contributed by atoms with E-state index in [0.717, 1.165) is 0 Å². The Kier molecular flexibility index (Phi) is 3.53. The van der Waals surface area contributed by atoms with E-state index in [2.05, 4.69) is 20.8 Å². The second-order valence-corrected chi connectivity index (χ2v) is 7.88. The first-order chi connectivity index (χ1) is 10.7. The number of ketones is 1. The number of Topliss-reactive ketones (excluding diaryl/α,β-unsaturated/α-hetero) is 1. The number of rotatable bonds is 4. The van der Waals surface area contributed by atoms with Crippen molar-refractivity contribution in [1.29, 1.82) is 0 Å². The normalized spacial score (nSPS) is 16.9. The van der Waals surface area contributed by atoms with Gasteiger partial charge in [-0.3, -0.25) is 4.79 Å². The van der Waals surface area contributed by atoms with E-state index in [9.17, 15) is 4.79 Å². The Morgan fingerprint density at radius 2 is 1.80 bits per heavy atom. The maximum atomic E-state index is 12.9. The second kappa shape index (κ2) is 6.11. The Morgan fingerprint density at radius 3 is 2.30 bits per heavy atom. The number of hydrogen-bond donors (Lipinski definition) is 0. The van der Waals surface area contributed by atoms with Crippen LogP contribution in [0.25, 0.3) is 0 Å². The molecule has 0 bridgehead atoms. The molecule has 0 saturated heterocycles. The molecule has 0 radical (unpaired) electrons. The first-order valence-corrected chi connectivity index (χ1v) is 7.27. The molecule has 0 aliphatic carbocycles. The van der Waals surface area contributed by atoms with Crippen molar-refractivity contribution in [3.63, 3.8) is 0 Å². The Bertz CT molecular complexity index is 607. The van der Waals surface area contributed by atoms with Crippen molar-refractivity contribution in [3.8, 4) is 0 Å². The third kappa shape index (κ3) is 5.48. The highest BCUT2D eigenvalue weighted by Gasteiger charge is 2.32. The molecule has 0 heterocycles. The van der Waals surface area contributed by atoms with Gasteiger partial charge in [0.1, 0.15) is 5.78 Å². The van der Waals surface area contributed by atoms with Crippen LogP contribution in [0.3, 0.4) is 0 Å². The van der Waals surface area contributed by atoms with Crippen molar-refractivity contribution < 1.29 is 10.3 Å². The van der Waals surface area contributed by atoms with E-state index in [4.69, 9.17) is 5.48 Å². The number of carbonyl (C=O) groups is 1. The number of carbonyl (C=O) groups excluding carboxylic acids is 1. The lowest BCUT2D eigenvalue weighted by molar-refractivity contribution is -0.131. The third-order valence-corrected chi connectivity index (χ3v) is 3.22. The standard InChI is InChI=1S/C19H30O/c1-14-9-8-10-15(11-14)12-16(13-18(2,3)4)17(20)19(5,6)7/h8-11,16H,12-13H2,1-7H3/t16-/m1/s1/i8D,9D,10D,11D. The molecule has 0 saturated carbocycles. The molecule has 0 aliphatic heterocycles. The van der Waals surface area contributed by atoms with Gasteiger partial charge in [0.25, 0.3) is 0 Å². The summed E-state index contributed by atoms with van der Waals surface area (Å²) in [6.07, 6.45) is 0.953. The Balaban J connectivity index is 3.37. The minimum absolute atomic E-state index is 0.0514. The molecule has 0 spiro atoms. The molecule has 1 atom stereocenters. The molecule has 1 aromatic carbocycles. The van der Waals surface area contributed by atoms with Crippen molar-refractivity contribution in [2.75, 3.05) is 0 Å². The molecule has 20 heavy (non-hydrogen) atoms. The fourth-order valence-electron chi connectivity index (χ4n) is 2.45. The van der Waals surface area contributed by atoms with Gasteiger partial charge in [0.2, 0.25) is 0 Å². The average molecular weight is 278 g/mol. The molecule has 1 nitrogen and oxygen atoms in total. The molecule has 0 aromatic heterocycles. The van der Waals surface area contributed by atoms with Crippen LogP contribution in [-0.2, 0) is 11.2 Å². The van der Waals surface area contributed by atoms with Gasteiger partial charge < -0.3 is 0 Å². The minimum Gasteiger partial charge on any atom is -0.299 e. The first-order valence-electron chi connectivity index (χ1n) is 9.27. The zero-order valence-corrected chi connectivity index (χ0v) is 13.9. The van der Waals surface area contributed by atoms with Gasteiger partial charge in [0, 0.05) is 11.3 Å². The van der Waals surface area contributed by atoms with Crippen LogP contribution in [0.2, 0.25) is 0 Å². The van der Waals surface area contributed by atoms with Gasteiger partial charge in [-0.05, 0) is 30.7 Å². The lowest BCUT2D eigenvalue weighted by Crippen LogP contribution is -2.32. The maximum Gasteiger partial charge on any atom is 0.141 e.